The molecule has 4 aromatic rings. The van der Waals surface area contributed by atoms with Crippen molar-refractivity contribution in [3.05, 3.63) is 50.9 Å². The number of hydrogen-bond acceptors (Lipinski definition) is 9. The van der Waals surface area contributed by atoms with Gasteiger partial charge in [0.25, 0.3) is 6.43 Å². The van der Waals surface area contributed by atoms with Crippen molar-refractivity contribution in [3.63, 3.8) is 0 Å². The highest BCUT2D eigenvalue weighted by molar-refractivity contribution is 7.19. The third-order valence-electron chi connectivity index (χ3n) is 11.0. The Morgan fingerprint density at radius 2 is 2.06 bits per heavy atom. The number of anilines is 1. The van der Waals surface area contributed by atoms with Crippen LogP contribution >= 0.6 is 22.9 Å². The van der Waals surface area contributed by atoms with Crippen LogP contribution in [0, 0.1) is 46.1 Å². The lowest BCUT2D eigenvalue weighted by Crippen LogP contribution is -2.43. The SMILES string of the molecule is N#Cc1c(C(F)F)sc2c(F)ccc(-c3c(Cl)c4c5c(nc(OCC67CCCN6C[C@H](F)C7)nc5c3F)N3C/C(=C\C5CC5C#N)CC3CO4)c12. The number of rotatable bonds is 6. The summed E-state index contributed by atoms with van der Waals surface area (Å²) >= 11 is 7.42. The normalized spacial score (nSPS) is 27.5. The molecule has 0 radical (unpaired) electrons. The Morgan fingerprint density at radius 1 is 1.22 bits per heavy atom. The van der Waals surface area contributed by atoms with E-state index in [0.717, 1.165) is 37.4 Å². The minimum absolute atomic E-state index is 0.0134. The maximum Gasteiger partial charge on any atom is 0.319 e. The number of fused-ring (bicyclic) bond motifs is 4. The molecule has 0 spiro atoms. The standard InChI is InChI=1S/C36H28ClF5N6O2S/c37-27-25(21-2-3-23(39)32-24(21)22(11-44)31(51-32)33(41)42)28(40)29-26-30(27)49-14-20-7-16(6-17-8-18(17)10-43)12-48(20)34(26)46-35(45-29)50-15-36-4-1-5-47(36)13-19(38)9-36/h2-3,6,17-20,33H,1,4-5,7-9,12-15H2/b16-6-/t17?,18?,19-,20?,36?/m1/s1. The molecule has 2 aromatic carbocycles. The average Bonchev–Trinajstić information content (AvgIpc) is 3.36. The highest BCUT2D eigenvalue weighted by Gasteiger charge is 2.49. The highest BCUT2D eigenvalue weighted by atomic mass is 35.5. The van der Waals surface area contributed by atoms with Gasteiger partial charge in [0.05, 0.1) is 49.1 Å². The number of alkyl halides is 3. The summed E-state index contributed by atoms with van der Waals surface area (Å²) in [5.41, 5.74) is -0.476. The van der Waals surface area contributed by atoms with E-state index in [2.05, 4.69) is 22.0 Å². The topological polar surface area (TPSA) is 98.3 Å². The van der Waals surface area contributed by atoms with Crippen molar-refractivity contribution in [2.45, 2.75) is 56.3 Å². The van der Waals surface area contributed by atoms with Crippen LogP contribution in [0.15, 0.2) is 23.8 Å². The molecule has 5 aliphatic rings. The van der Waals surface area contributed by atoms with E-state index in [9.17, 15) is 23.7 Å². The molecule has 15 heteroatoms. The summed E-state index contributed by atoms with van der Waals surface area (Å²) < 4.78 is 87.3. The van der Waals surface area contributed by atoms with E-state index in [1.165, 1.54) is 6.07 Å². The smallest absolute Gasteiger partial charge is 0.319 e. The summed E-state index contributed by atoms with van der Waals surface area (Å²) in [7, 11) is 0. The van der Waals surface area contributed by atoms with Crippen molar-refractivity contribution in [1.82, 2.24) is 14.9 Å². The fourth-order valence-electron chi connectivity index (χ4n) is 8.56. The molecule has 9 rings (SSSR count). The number of nitriles is 2. The molecular formula is C36H28ClF5N6O2S. The maximum atomic E-state index is 17.2. The first-order chi connectivity index (χ1) is 24.6. The van der Waals surface area contributed by atoms with Gasteiger partial charge in [-0.15, -0.1) is 11.3 Å². The Labute approximate surface area is 297 Å². The number of thiophene rings is 1. The van der Waals surface area contributed by atoms with Crippen molar-refractivity contribution in [3.8, 4) is 35.0 Å². The molecule has 262 valence electrons. The fourth-order valence-corrected chi connectivity index (χ4v) is 9.93. The Hall–Kier alpha value is -4.24. The molecule has 5 atom stereocenters. The van der Waals surface area contributed by atoms with Gasteiger partial charge >= 0.3 is 6.01 Å². The van der Waals surface area contributed by atoms with Crippen molar-refractivity contribution < 1.29 is 31.4 Å². The van der Waals surface area contributed by atoms with E-state index in [4.69, 9.17) is 26.1 Å². The summed E-state index contributed by atoms with van der Waals surface area (Å²) in [6.07, 6.45) is 1.39. The van der Waals surface area contributed by atoms with Crippen molar-refractivity contribution >= 4 is 49.7 Å². The quantitative estimate of drug-likeness (QED) is 0.144. The van der Waals surface area contributed by atoms with Crippen LogP contribution in [0.1, 0.15) is 49.0 Å². The Kier molecular flexibility index (Phi) is 7.62. The van der Waals surface area contributed by atoms with Gasteiger partial charge in [0, 0.05) is 30.5 Å². The molecule has 8 nitrogen and oxygen atoms in total. The molecule has 0 N–H and O–H groups in total. The third kappa shape index (κ3) is 5.05. The average molecular weight is 739 g/mol. The van der Waals surface area contributed by atoms with E-state index in [-0.39, 0.29) is 80.0 Å². The van der Waals surface area contributed by atoms with Gasteiger partial charge in [0.1, 0.15) is 42.6 Å². The molecule has 2 aromatic heterocycles. The second-order valence-electron chi connectivity index (χ2n) is 14.1. The minimum Gasteiger partial charge on any atom is -0.489 e. The van der Waals surface area contributed by atoms with E-state index >= 15 is 8.78 Å². The lowest BCUT2D eigenvalue weighted by atomic mass is 9.95. The molecule has 1 aliphatic carbocycles. The Balaban J connectivity index is 1.23. The Morgan fingerprint density at radius 3 is 2.82 bits per heavy atom. The van der Waals surface area contributed by atoms with Crippen molar-refractivity contribution in [2.24, 2.45) is 11.8 Å². The summed E-state index contributed by atoms with van der Waals surface area (Å²) in [4.78, 5) is 12.8. The molecule has 0 bridgehead atoms. The van der Waals surface area contributed by atoms with Gasteiger partial charge in [-0.3, -0.25) is 4.90 Å². The predicted octanol–water partition coefficient (Wildman–Crippen LogP) is 8.26. The third-order valence-corrected chi connectivity index (χ3v) is 12.6. The number of aromatic nitrogens is 2. The van der Waals surface area contributed by atoms with Gasteiger partial charge in [-0.25, -0.2) is 22.0 Å². The van der Waals surface area contributed by atoms with Gasteiger partial charge in [0.15, 0.2) is 11.6 Å². The molecule has 4 unspecified atom stereocenters. The first-order valence-electron chi connectivity index (χ1n) is 16.8. The van der Waals surface area contributed by atoms with Crippen LogP contribution in [0.3, 0.4) is 0 Å². The van der Waals surface area contributed by atoms with E-state index in [1.54, 1.807) is 6.07 Å². The zero-order chi connectivity index (χ0) is 35.3. The lowest BCUT2D eigenvalue weighted by Gasteiger charge is -2.31. The van der Waals surface area contributed by atoms with Crippen molar-refractivity contribution in [2.75, 3.05) is 37.7 Å². The van der Waals surface area contributed by atoms with Crippen LogP contribution in [-0.2, 0) is 0 Å². The van der Waals surface area contributed by atoms with E-state index < -0.39 is 40.2 Å². The van der Waals surface area contributed by atoms with Gasteiger partial charge < -0.3 is 14.4 Å². The number of ether oxygens (including phenoxy) is 2. The molecule has 0 amide bonds. The summed E-state index contributed by atoms with van der Waals surface area (Å²) in [5.74, 6) is -1.24. The molecule has 4 fully saturated rings. The number of nitrogens with zero attached hydrogens (tertiary/aromatic N) is 6. The van der Waals surface area contributed by atoms with Gasteiger partial charge in [-0.2, -0.15) is 20.5 Å². The van der Waals surface area contributed by atoms with Gasteiger partial charge in [0.2, 0.25) is 0 Å². The minimum atomic E-state index is -3.06. The first kappa shape index (κ1) is 32.7. The van der Waals surface area contributed by atoms with E-state index in [0.29, 0.717) is 43.1 Å². The molecule has 6 heterocycles. The van der Waals surface area contributed by atoms with Crippen molar-refractivity contribution in [1.29, 1.82) is 10.5 Å². The van der Waals surface area contributed by atoms with E-state index in [1.807, 2.05) is 4.90 Å². The monoisotopic (exact) mass is 738 g/mol. The number of allylic oxidation sites excluding steroid dienone is 1. The molecule has 1 saturated carbocycles. The number of halogens is 6. The predicted molar refractivity (Wildman–Crippen MR) is 180 cm³/mol. The van der Waals surface area contributed by atoms with Crippen LogP contribution in [0.4, 0.5) is 27.8 Å². The number of hydrogen-bond donors (Lipinski definition) is 0. The van der Waals surface area contributed by atoms with Gasteiger partial charge in [-0.05, 0) is 49.8 Å². The molecular weight excluding hydrogens is 711 g/mol. The number of benzene rings is 2. The summed E-state index contributed by atoms with van der Waals surface area (Å²) in [5, 5.41) is 19.1. The zero-order valence-electron chi connectivity index (χ0n) is 26.9. The van der Waals surface area contributed by atoms with Crippen LogP contribution in [0.5, 0.6) is 11.8 Å². The zero-order valence-corrected chi connectivity index (χ0v) is 28.4. The molecule has 51 heavy (non-hydrogen) atoms. The largest absolute Gasteiger partial charge is 0.489 e. The lowest BCUT2D eigenvalue weighted by molar-refractivity contribution is 0.107. The summed E-state index contributed by atoms with van der Waals surface area (Å²) in [6, 6.07) is 5.93. The van der Waals surface area contributed by atoms with Crippen LogP contribution in [-0.4, -0.2) is 65.5 Å². The first-order valence-corrected chi connectivity index (χ1v) is 18.0. The second kappa shape index (κ2) is 11.9. The van der Waals surface area contributed by atoms with Crippen LogP contribution < -0.4 is 14.4 Å². The molecule has 4 aliphatic heterocycles. The van der Waals surface area contributed by atoms with Crippen LogP contribution in [0.25, 0.3) is 32.1 Å². The van der Waals surface area contributed by atoms with Gasteiger partial charge in [-0.1, -0.05) is 29.3 Å². The summed E-state index contributed by atoms with van der Waals surface area (Å²) in [6.45, 7) is 1.71. The molecule has 3 saturated heterocycles. The second-order valence-corrected chi connectivity index (χ2v) is 15.5. The fraction of sp³-hybridized carbons (Fsp3) is 0.444. The van der Waals surface area contributed by atoms with Crippen LogP contribution in [0.2, 0.25) is 5.02 Å². The highest BCUT2D eigenvalue weighted by Crippen LogP contribution is 2.53. The maximum absolute atomic E-state index is 17.2. The Bertz CT molecular complexity index is 2270.